The molecule has 1 saturated heterocycles. The van der Waals surface area contributed by atoms with Crippen molar-refractivity contribution in [1.29, 1.82) is 0 Å². The van der Waals surface area contributed by atoms with E-state index in [4.69, 9.17) is 0 Å². The molecule has 1 amide bonds. The number of para-hydroxylation sites is 1. The number of piperazine rings is 1. The number of Topliss-reactive ketones (excluding diaryl/α,β-unsaturated/α-hetero) is 1. The van der Waals surface area contributed by atoms with Crippen molar-refractivity contribution in [3.05, 3.63) is 35.8 Å². The normalized spacial score (nSPS) is 17.6. The van der Waals surface area contributed by atoms with Gasteiger partial charge in [-0.3, -0.25) is 15.0 Å². The number of hydrogen-bond donors (Lipinski definition) is 2. The summed E-state index contributed by atoms with van der Waals surface area (Å²) in [6.07, 6.45) is 2.66. The van der Waals surface area contributed by atoms with Crippen LogP contribution in [0.1, 0.15) is 35.8 Å². The lowest BCUT2D eigenvalue weighted by molar-refractivity contribution is 0.0969. The predicted molar refractivity (Wildman–Crippen MR) is 148 cm³/mol. The Morgan fingerprint density at radius 2 is 1.92 bits per heavy atom. The number of sulfonamides is 1. The number of aryl methyl sites for hydroxylation is 1. The third-order valence-electron chi connectivity index (χ3n) is 6.85. The Kier molecular flexibility index (Phi) is 7.80. The first kappa shape index (κ1) is 27.4. The van der Waals surface area contributed by atoms with Gasteiger partial charge in [-0.1, -0.05) is 17.4 Å². The molecule has 0 bridgehead atoms. The maximum absolute atomic E-state index is 13.3. The number of benzene rings is 1. The molecule has 39 heavy (non-hydrogen) atoms. The van der Waals surface area contributed by atoms with Crippen LogP contribution in [0.3, 0.4) is 0 Å². The molecular weight excluding hydrogens is 542 g/mol. The van der Waals surface area contributed by atoms with Crippen LogP contribution in [-0.2, 0) is 14.8 Å². The van der Waals surface area contributed by atoms with Crippen molar-refractivity contribution < 1.29 is 22.7 Å². The number of aromatic nitrogens is 3. The summed E-state index contributed by atoms with van der Waals surface area (Å²) in [7, 11) is -2.51. The summed E-state index contributed by atoms with van der Waals surface area (Å²) >= 11 is 0.916. The Labute approximate surface area is 230 Å². The van der Waals surface area contributed by atoms with E-state index in [0.29, 0.717) is 55.3 Å². The number of ether oxygens (including phenoxy) is 1. The molecule has 3 heterocycles. The summed E-state index contributed by atoms with van der Waals surface area (Å²) < 4.78 is 32.7. The molecule has 2 aliphatic rings. The van der Waals surface area contributed by atoms with E-state index < -0.39 is 16.1 Å². The van der Waals surface area contributed by atoms with Gasteiger partial charge in [0.15, 0.2) is 15.1 Å². The van der Waals surface area contributed by atoms with Crippen molar-refractivity contribution in [3.63, 3.8) is 0 Å². The van der Waals surface area contributed by atoms with Crippen molar-refractivity contribution in [3.8, 4) is 0 Å². The quantitative estimate of drug-likeness (QED) is 0.366. The molecule has 1 saturated carbocycles. The van der Waals surface area contributed by atoms with Gasteiger partial charge in [0.2, 0.25) is 0 Å². The average Bonchev–Trinajstić information content (AvgIpc) is 3.70. The lowest BCUT2D eigenvalue weighted by atomic mass is 10.0. The Balaban J connectivity index is 1.20. The number of carbonyl (C=O) groups excluding carboxylic acids is 2. The van der Waals surface area contributed by atoms with E-state index in [-0.39, 0.29) is 27.1 Å². The minimum Gasteiger partial charge on any atom is -0.453 e. The summed E-state index contributed by atoms with van der Waals surface area (Å²) in [6, 6.07) is 5.65. The van der Waals surface area contributed by atoms with E-state index in [1.54, 1.807) is 6.92 Å². The van der Waals surface area contributed by atoms with Crippen molar-refractivity contribution >= 4 is 55.1 Å². The number of nitrogens with one attached hydrogen (secondary N) is 2. The van der Waals surface area contributed by atoms with Crippen LogP contribution in [0.5, 0.6) is 0 Å². The average molecular weight is 574 g/mol. The van der Waals surface area contributed by atoms with Gasteiger partial charge >= 0.3 is 6.09 Å². The molecule has 1 aliphatic heterocycles. The van der Waals surface area contributed by atoms with E-state index in [1.165, 1.54) is 17.7 Å². The zero-order chi connectivity index (χ0) is 27.7. The monoisotopic (exact) mass is 573 g/mol. The molecule has 1 atom stereocenters. The number of rotatable bonds is 9. The van der Waals surface area contributed by atoms with Crippen LogP contribution in [-0.4, -0.2) is 90.3 Å². The van der Waals surface area contributed by atoms with Gasteiger partial charge in [0, 0.05) is 55.6 Å². The van der Waals surface area contributed by atoms with Crippen molar-refractivity contribution in [2.24, 2.45) is 5.92 Å². The number of nitrogens with zero attached hydrogens (tertiary/aromatic N) is 5. The highest BCUT2D eigenvalue weighted by molar-refractivity contribution is 7.91. The van der Waals surface area contributed by atoms with Crippen LogP contribution in [0.4, 0.5) is 15.7 Å². The second-order valence-electron chi connectivity index (χ2n) is 9.82. The van der Waals surface area contributed by atoms with Gasteiger partial charge in [0.25, 0.3) is 10.0 Å². The fourth-order valence-corrected chi connectivity index (χ4v) is 7.67. The lowest BCUT2D eigenvalue weighted by Gasteiger charge is -2.35. The van der Waals surface area contributed by atoms with Gasteiger partial charge in [0.05, 0.1) is 18.3 Å². The lowest BCUT2D eigenvalue weighted by Crippen LogP contribution is -2.50. The molecule has 208 valence electrons. The molecule has 1 aromatic carbocycles. The van der Waals surface area contributed by atoms with Crippen molar-refractivity contribution in [1.82, 2.24) is 24.2 Å². The number of anilines is 2. The van der Waals surface area contributed by atoms with Crippen molar-refractivity contribution in [2.45, 2.75) is 36.9 Å². The molecule has 0 unspecified atom stereocenters. The highest BCUT2D eigenvalue weighted by Gasteiger charge is 2.33. The SMILES string of the molecule is COC(=O)Nc1nc(C)c(S(=O)(=O)N2CCN(C[C@H](C)Nc3ncnc4c(C(=O)C5CC5)cccc34)CC2)s1. The molecule has 2 N–H and O–H groups in total. The Morgan fingerprint density at radius 3 is 2.62 bits per heavy atom. The minimum absolute atomic E-state index is 0.0183. The van der Waals surface area contributed by atoms with Crippen molar-refractivity contribution in [2.75, 3.05) is 50.5 Å². The summed E-state index contributed by atoms with van der Waals surface area (Å²) in [4.78, 5) is 39.4. The number of carbonyl (C=O) groups is 2. The highest BCUT2D eigenvalue weighted by atomic mass is 32.2. The molecule has 5 rings (SSSR count). The summed E-state index contributed by atoms with van der Waals surface area (Å²) in [5, 5.41) is 6.87. The predicted octanol–water partition coefficient (Wildman–Crippen LogP) is 2.97. The number of methoxy groups -OCH3 is 1. The number of ketones is 1. The van der Waals surface area contributed by atoms with Crippen LogP contribution in [0.25, 0.3) is 10.9 Å². The second kappa shape index (κ2) is 11.1. The third kappa shape index (κ3) is 5.88. The molecule has 0 spiro atoms. The van der Waals surface area contributed by atoms with Gasteiger partial charge in [-0.2, -0.15) is 4.31 Å². The standard InChI is InChI=1S/C25H31N7O5S2/c1-15(28-22-19-6-4-5-18(20(19)26-14-27-22)21(33)17-7-8-17)13-31-9-11-32(12-10-31)39(35,36)23-16(2)29-24(38-23)30-25(34)37-3/h4-6,14-15,17H,7-13H2,1-3H3,(H,26,27,28)(H,29,30,34)/t15-/m0/s1. The third-order valence-corrected chi connectivity index (χ3v) is 10.4. The van der Waals surface area contributed by atoms with Gasteiger partial charge in [-0.25, -0.2) is 28.2 Å². The second-order valence-corrected chi connectivity index (χ2v) is 13.0. The van der Waals surface area contributed by atoms with E-state index in [2.05, 4.69) is 35.2 Å². The Hall–Kier alpha value is -3.20. The maximum atomic E-state index is 13.3. The number of thiazole rings is 1. The molecule has 2 aromatic heterocycles. The number of fused-ring (bicyclic) bond motifs is 1. The topological polar surface area (TPSA) is 147 Å². The first-order chi connectivity index (χ1) is 18.7. The van der Waals surface area contributed by atoms with Crippen LogP contribution < -0.4 is 10.6 Å². The smallest absolute Gasteiger partial charge is 0.413 e. The van der Waals surface area contributed by atoms with Crippen LogP contribution >= 0.6 is 11.3 Å². The molecule has 12 nitrogen and oxygen atoms in total. The van der Waals surface area contributed by atoms with Gasteiger partial charge in [0.1, 0.15) is 12.1 Å². The van der Waals surface area contributed by atoms with E-state index in [9.17, 15) is 18.0 Å². The Bertz CT molecular complexity index is 1500. The molecule has 1 aliphatic carbocycles. The van der Waals surface area contributed by atoms with Gasteiger partial charge in [-0.15, -0.1) is 0 Å². The highest BCUT2D eigenvalue weighted by Crippen LogP contribution is 2.35. The summed E-state index contributed by atoms with van der Waals surface area (Å²) in [5.74, 6) is 0.939. The largest absolute Gasteiger partial charge is 0.453 e. The first-order valence-electron chi connectivity index (χ1n) is 12.8. The van der Waals surface area contributed by atoms with Crippen LogP contribution in [0, 0.1) is 12.8 Å². The zero-order valence-electron chi connectivity index (χ0n) is 22.0. The number of hydrogen-bond acceptors (Lipinski definition) is 11. The molecule has 0 radical (unpaired) electrons. The zero-order valence-corrected chi connectivity index (χ0v) is 23.6. The van der Waals surface area contributed by atoms with Crippen LogP contribution in [0.2, 0.25) is 0 Å². The molecule has 3 aromatic rings. The van der Waals surface area contributed by atoms with E-state index in [1.807, 2.05) is 25.1 Å². The maximum Gasteiger partial charge on any atom is 0.413 e. The number of amides is 1. The molecular formula is C25H31N7O5S2. The fourth-order valence-electron chi connectivity index (χ4n) is 4.72. The molecule has 2 fully saturated rings. The van der Waals surface area contributed by atoms with Gasteiger partial charge in [-0.05, 0) is 38.8 Å². The van der Waals surface area contributed by atoms with E-state index >= 15 is 0 Å². The first-order valence-corrected chi connectivity index (χ1v) is 15.0. The molecule has 14 heteroatoms. The fraction of sp³-hybridized carbons (Fsp3) is 0.480. The van der Waals surface area contributed by atoms with Crippen LogP contribution in [0.15, 0.2) is 28.7 Å². The van der Waals surface area contributed by atoms with E-state index in [0.717, 1.165) is 29.6 Å². The van der Waals surface area contributed by atoms with Gasteiger partial charge < -0.3 is 10.1 Å². The minimum atomic E-state index is -3.74. The summed E-state index contributed by atoms with van der Waals surface area (Å²) in [6.45, 7) is 6.17. The Morgan fingerprint density at radius 1 is 1.18 bits per heavy atom. The summed E-state index contributed by atoms with van der Waals surface area (Å²) in [5.41, 5.74) is 1.65.